The fourth-order valence-electron chi connectivity index (χ4n) is 8.20. The van der Waals surface area contributed by atoms with Crippen molar-refractivity contribution in [2.45, 2.75) is 160 Å². The summed E-state index contributed by atoms with van der Waals surface area (Å²) < 4.78 is 0. The predicted octanol–water partition coefficient (Wildman–Crippen LogP) is -0.0939. The molecule has 1 saturated heterocycles. The molecule has 0 unspecified atom stereocenters. The lowest BCUT2D eigenvalue weighted by Crippen LogP contribution is -2.60. The Balaban J connectivity index is 1.83. The van der Waals surface area contributed by atoms with Gasteiger partial charge >= 0.3 is 0 Å². The van der Waals surface area contributed by atoms with Gasteiger partial charge in [-0.15, -0.1) is 0 Å². The van der Waals surface area contributed by atoms with Gasteiger partial charge in [0.25, 0.3) is 0 Å². The van der Waals surface area contributed by atoms with E-state index in [1.165, 1.54) is 24.2 Å². The molecule has 0 radical (unpaired) electrons. The maximum atomic E-state index is 14.6. The first-order valence-electron chi connectivity index (χ1n) is 22.7. The fourth-order valence-corrected chi connectivity index (χ4v) is 8.20. The topological polar surface area (TPSA) is 329 Å². The molecule has 0 aromatic carbocycles. The average molecular weight is 897 g/mol. The molecular formula is C44H72N12O8. The van der Waals surface area contributed by atoms with Crippen molar-refractivity contribution in [1.82, 2.24) is 36.5 Å². The summed E-state index contributed by atoms with van der Waals surface area (Å²) >= 11 is 0. The van der Waals surface area contributed by atoms with E-state index in [0.29, 0.717) is 30.9 Å². The van der Waals surface area contributed by atoms with Crippen molar-refractivity contribution in [3.05, 3.63) is 30.1 Å². The van der Waals surface area contributed by atoms with Crippen LogP contribution in [0.4, 0.5) is 0 Å². The van der Waals surface area contributed by atoms with Gasteiger partial charge < -0.3 is 54.4 Å². The highest BCUT2D eigenvalue weighted by Crippen LogP contribution is 2.27. The largest absolute Gasteiger partial charge is 0.370 e. The third kappa shape index (κ3) is 18.5. The predicted molar refractivity (Wildman–Crippen MR) is 240 cm³/mol. The number of carbonyl (C=O) groups is 8. The average Bonchev–Trinajstić information content (AvgIpc) is 3.73. The van der Waals surface area contributed by atoms with Crippen molar-refractivity contribution >= 4 is 53.2 Å². The van der Waals surface area contributed by atoms with E-state index in [4.69, 9.17) is 22.9 Å². The Morgan fingerprint density at radius 2 is 1.34 bits per heavy atom. The highest BCUT2D eigenvalue weighted by atomic mass is 16.2. The molecule has 3 rings (SSSR count). The van der Waals surface area contributed by atoms with Gasteiger partial charge in [0.1, 0.15) is 36.3 Å². The molecule has 20 heteroatoms. The number of nitrogens with one attached hydrogen (secondary N) is 5. The first-order valence-corrected chi connectivity index (χ1v) is 22.7. The zero-order valence-corrected chi connectivity index (χ0v) is 37.9. The Morgan fingerprint density at radius 1 is 0.734 bits per heavy atom. The van der Waals surface area contributed by atoms with Gasteiger partial charge in [-0.05, 0) is 74.8 Å². The SMILES string of the molecule is CC(C)C[C@H](NC(=O)CCC1CCCCC1)C(=O)N[C@@H](CC(C)C)C(=O)N[C@@H](Cc1ccccn1)C(=O)N1CCC[C@H]1C(=O)N[C@@H](CCCN=C(N)N)C(=O)N[C@@H](CC(N)=O)C(N)=O. The molecule has 6 atom stereocenters. The van der Waals surface area contributed by atoms with Gasteiger partial charge in [-0.2, -0.15) is 0 Å². The number of nitrogens with zero attached hydrogens (tertiary/aromatic N) is 3. The smallest absolute Gasteiger partial charge is 0.246 e. The van der Waals surface area contributed by atoms with Crippen molar-refractivity contribution in [1.29, 1.82) is 0 Å². The van der Waals surface area contributed by atoms with Crippen molar-refractivity contribution in [2.75, 3.05) is 13.1 Å². The lowest BCUT2D eigenvalue weighted by Gasteiger charge is -2.31. The van der Waals surface area contributed by atoms with Gasteiger partial charge in [-0.25, -0.2) is 0 Å². The normalized spacial score (nSPS) is 17.6. The van der Waals surface area contributed by atoms with Crippen LogP contribution in [-0.2, 0) is 44.8 Å². The van der Waals surface area contributed by atoms with E-state index in [1.807, 2.05) is 27.7 Å². The number of hydrogen-bond donors (Lipinski definition) is 9. The summed E-state index contributed by atoms with van der Waals surface area (Å²) in [5.41, 5.74) is 22.0. The van der Waals surface area contributed by atoms with Crippen LogP contribution in [0.25, 0.3) is 0 Å². The molecule has 356 valence electrons. The molecule has 2 heterocycles. The van der Waals surface area contributed by atoms with E-state index < -0.39 is 84.0 Å². The molecule has 8 amide bonds. The number of aliphatic imine (C=N–C) groups is 1. The van der Waals surface area contributed by atoms with Gasteiger partial charge in [0, 0.05) is 37.8 Å². The molecule has 0 spiro atoms. The van der Waals surface area contributed by atoms with E-state index >= 15 is 0 Å². The van der Waals surface area contributed by atoms with E-state index in [-0.39, 0.29) is 68.9 Å². The summed E-state index contributed by atoms with van der Waals surface area (Å²) in [4.78, 5) is 117. The van der Waals surface area contributed by atoms with Crippen LogP contribution < -0.4 is 49.5 Å². The Hall–Kier alpha value is -5.82. The number of hydrogen-bond acceptors (Lipinski definition) is 10. The second-order valence-corrected chi connectivity index (χ2v) is 17.9. The first-order chi connectivity index (χ1) is 30.3. The summed E-state index contributed by atoms with van der Waals surface area (Å²) in [5.74, 6) is -5.00. The zero-order chi connectivity index (χ0) is 47.3. The Morgan fingerprint density at radius 3 is 1.92 bits per heavy atom. The number of primary amides is 2. The van der Waals surface area contributed by atoms with Crippen molar-refractivity contribution in [3.8, 4) is 0 Å². The minimum atomic E-state index is -1.44. The number of guanidine groups is 1. The van der Waals surface area contributed by atoms with Crippen molar-refractivity contribution in [2.24, 2.45) is 45.7 Å². The summed E-state index contributed by atoms with van der Waals surface area (Å²) in [6, 6.07) is -1.80. The van der Waals surface area contributed by atoms with Gasteiger partial charge in [-0.3, -0.25) is 48.3 Å². The Labute approximate surface area is 376 Å². The summed E-state index contributed by atoms with van der Waals surface area (Å²) in [6.45, 7) is 7.95. The standard InChI is InChI=1S/C44H72N12O8/c1-26(2)22-32(51-37(58)18-17-28-12-6-5-7-13-28)40(61)54-33(23-27(3)4)41(62)55-34(24-29-14-8-9-19-49-29)43(64)56-21-11-16-35(56)42(63)52-30(15-10-20-50-44(47)48)39(60)53-31(38(46)59)25-36(45)57/h8-9,14,19,26-28,30-35H,5-7,10-13,15-18,20-25H2,1-4H3,(H2,45,57)(H2,46,59)(H,51,58)(H,52,63)(H,53,60)(H,54,61)(H,55,62)(H4,47,48,50)/t30-,31-,32-,33-,34-,35-/m0/s1. The third-order valence-corrected chi connectivity index (χ3v) is 11.4. The highest BCUT2D eigenvalue weighted by molar-refractivity contribution is 5.98. The molecule has 0 bridgehead atoms. The first kappa shape index (κ1) is 52.5. The van der Waals surface area contributed by atoms with Crippen molar-refractivity contribution < 1.29 is 38.4 Å². The van der Waals surface area contributed by atoms with E-state index in [1.54, 1.807) is 24.4 Å². The minimum Gasteiger partial charge on any atom is -0.370 e. The Kier molecular flexibility index (Phi) is 21.9. The van der Waals surface area contributed by atoms with Crippen LogP contribution in [0, 0.1) is 17.8 Å². The summed E-state index contributed by atoms with van der Waals surface area (Å²) in [6.07, 6.45) is 9.23. The number of amides is 8. The number of rotatable bonds is 26. The van der Waals surface area contributed by atoms with Gasteiger partial charge in [0.05, 0.1) is 6.42 Å². The van der Waals surface area contributed by atoms with Gasteiger partial charge in [0.15, 0.2) is 5.96 Å². The van der Waals surface area contributed by atoms with E-state index in [9.17, 15) is 38.4 Å². The number of pyridine rings is 1. The second-order valence-electron chi connectivity index (χ2n) is 17.9. The molecule has 2 aliphatic rings. The second kappa shape index (κ2) is 26.7. The maximum absolute atomic E-state index is 14.6. The molecule has 20 nitrogen and oxygen atoms in total. The Bertz CT molecular complexity index is 1770. The van der Waals surface area contributed by atoms with Gasteiger partial charge in [-0.1, -0.05) is 65.9 Å². The van der Waals surface area contributed by atoms with Gasteiger partial charge in [0.2, 0.25) is 47.3 Å². The van der Waals surface area contributed by atoms with E-state index in [0.717, 1.165) is 19.3 Å². The lowest BCUT2D eigenvalue weighted by molar-refractivity contribution is -0.142. The van der Waals surface area contributed by atoms with Crippen LogP contribution in [-0.4, -0.2) is 112 Å². The van der Waals surface area contributed by atoms with Crippen LogP contribution in [0.2, 0.25) is 0 Å². The molecule has 1 aliphatic heterocycles. The highest BCUT2D eigenvalue weighted by Gasteiger charge is 2.40. The van der Waals surface area contributed by atoms with Crippen LogP contribution in [0.5, 0.6) is 0 Å². The van der Waals surface area contributed by atoms with E-state index in [2.05, 4.69) is 36.6 Å². The minimum absolute atomic E-state index is 0.000559. The maximum Gasteiger partial charge on any atom is 0.246 e. The quantitative estimate of drug-likeness (QED) is 0.0336. The molecular weight excluding hydrogens is 825 g/mol. The van der Waals surface area contributed by atoms with Crippen molar-refractivity contribution in [3.63, 3.8) is 0 Å². The van der Waals surface area contributed by atoms with Crippen LogP contribution in [0.15, 0.2) is 29.4 Å². The molecule has 1 aromatic heterocycles. The molecule has 1 aromatic rings. The lowest BCUT2D eigenvalue weighted by atomic mass is 9.86. The number of carbonyl (C=O) groups excluding carboxylic acids is 8. The monoisotopic (exact) mass is 897 g/mol. The molecule has 1 saturated carbocycles. The number of aromatic nitrogens is 1. The van der Waals surface area contributed by atoms with Crippen LogP contribution >= 0.6 is 0 Å². The molecule has 2 fully saturated rings. The van der Waals surface area contributed by atoms with Crippen LogP contribution in [0.3, 0.4) is 0 Å². The summed E-state index contributed by atoms with van der Waals surface area (Å²) in [5, 5.41) is 13.7. The molecule has 64 heavy (non-hydrogen) atoms. The summed E-state index contributed by atoms with van der Waals surface area (Å²) in [7, 11) is 0. The molecule has 1 aliphatic carbocycles. The number of likely N-dealkylation sites (tertiary alicyclic amines) is 1. The third-order valence-electron chi connectivity index (χ3n) is 11.4. The molecule has 13 N–H and O–H groups in total. The fraction of sp³-hybridized carbons (Fsp3) is 0.682. The van der Waals surface area contributed by atoms with Crippen LogP contribution in [0.1, 0.15) is 123 Å². The zero-order valence-electron chi connectivity index (χ0n) is 37.9. The number of nitrogens with two attached hydrogens (primary N) is 4.